The van der Waals surface area contributed by atoms with E-state index >= 15 is 0 Å². The van der Waals surface area contributed by atoms with Crippen molar-refractivity contribution in [1.82, 2.24) is 10.3 Å². The molecule has 3 N–H and O–H groups in total. The summed E-state index contributed by atoms with van der Waals surface area (Å²) >= 11 is 0. The van der Waals surface area contributed by atoms with Crippen molar-refractivity contribution in [3.63, 3.8) is 0 Å². The largest absolute Gasteiger partial charge is 0.384 e. The molecule has 1 fully saturated rings. The van der Waals surface area contributed by atoms with Gasteiger partial charge in [0.05, 0.1) is 6.10 Å². The van der Waals surface area contributed by atoms with Gasteiger partial charge in [0.2, 0.25) is 0 Å². The van der Waals surface area contributed by atoms with Crippen LogP contribution in [0.15, 0.2) is 12.1 Å². The lowest BCUT2D eigenvalue weighted by molar-refractivity contribution is 0.0176. The van der Waals surface area contributed by atoms with Gasteiger partial charge >= 0.3 is 0 Å². The second-order valence-electron chi connectivity index (χ2n) is 6.42. The van der Waals surface area contributed by atoms with Crippen LogP contribution in [0, 0.1) is 0 Å². The number of hydrogen-bond donors (Lipinski definition) is 2. The summed E-state index contributed by atoms with van der Waals surface area (Å²) in [7, 11) is 1.70. The Balaban J connectivity index is 2.08. The number of ether oxygens (including phenoxy) is 1. The van der Waals surface area contributed by atoms with Gasteiger partial charge in [-0.15, -0.1) is 0 Å². The molecule has 0 spiro atoms. The average Bonchev–Trinajstić information content (AvgIpc) is 2.31. The predicted octanol–water partition coefficient (Wildman–Crippen LogP) is 1.87. The summed E-state index contributed by atoms with van der Waals surface area (Å²) in [6, 6.07) is 3.63. The summed E-state index contributed by atoms with van der Waals surface area (Å²) in [6.45, 7) is 6.14. The van der Waals surface area contributed by atoms with E-state index in [1.165, 1.54) is 0 Å². The summed E-state index contributed by atoms with van der Waals surface area (Å²) in [5, 5.41) is 3.00. The zero-order valence-electron chi connectivity index (χ0n) is 12.6. The van der Waals surface area contributed by atoms with Crippen LogP contribution in [0.3, 0.4) is 0 Å². The summed E-state index contributed by atoms with van der Waals surface area (Å²) in [6.07, 6.45) is 2.01. The Bertz CT molecular complexity index is 502. The number of amides is 1. The van der Waals surface area contributed by atoms with Crippen molar-refractivity contribution in [2.24, 2.45) is 0 Å². The highest BCUT2D eigenvalue weighted by atomic mass is 16.5. The van der Waals surface area contributed by atoms with Gasteiger partial charge < -0.3 is 15.8 Å². The van der Waals surface area contributed by atoms with E-state index in [0.29, 0.717) is 11.4 Å². The van der Waals surface area contributed by atoms with Gasteiger partial charge in [-0.3, -0.25) is 4.79 Å². The molecule has 1 aliphatic carbocycles. The minimum Gasteiger partial charge on any atom is -0.384 e. The number of carbonyl (C=O) groups excluding carboxylic acids is 1. The van der Waals surface area contributed by atoms with Crippen LogP contribution in [-0.4, -0.2) is 30.1 Å². The minimum atomic E-state index is -0.137. The molecule has 1 amide bonds. The Kier molecular flexibility index (Phi) is 3.99. The van der Waals surface area contributed by atoms with Crippen molar-refractivity contribution in [3.05, 3.63) is 23.4 Å². The summed E-state index contributed by atoms with van der Waals surface area (Å²) in [5.41, 5.74) is 7.06. The third-order valence-corrected chi connectivity index (χ3v) is 3.64. The van der Waals surface area contributed by atoms with Crippen LogP contribution in [0.4, 0.5) is 5.82 Å². The van der Waals surface area contributed by atoms with E-state index in [1.807, 2.05) is 26.8 Å². The van der Waals surface area contributed by atoms with Crippen molar-refractivity contribution in [2.45, 2.75) is 51.2 Å². The molecule has 1 aliphatic rings. The van der Waals surface area contributed by atoms with Gasteiger partial charge in [-0.25, -0.2) is 4.98 Å². The number of nitrogens with zero attached hydrogens (tertiary/aromatic N) is 1. The zero-order valence-corrected chi connectivity index (χ0v) is 12.6. The Morgan fingerprint density at radius 3 is 2.60 bits per heavy atom. The molecule has 0 saturated heterocycles. The lowest BCUT2D eigenvalue weighted by atomic mass is 9.88. The number of nitrogens with two attached hydrogens (primary N) is 1. The van der Waals surface area contributed by atoms with Gasteiger partial charge in [-0.2, -0.15) is 0 Å². The Morgan fingerprint density at radius 1 is 1.40 bits per heavy atom. The SMILES string of the molecule is COC1CC(NC(=O)c2cc(N)nc(C(C)(C)C)c2)C1. The lowest BCUT2D eigenvalue weighted by Crippen LogP contribution is -2.47. The number of carbonyl (C=O) groups is 1. The molecule has 0 aliphatic heterocycles. The maximum atomic E-state index is 12.2. The summed E-state index contributed by atoms with van der Waals surface area (Å²) in [4.78, 5) is 16.5. The molecule has 1 heterocycles. The highest BCUT2D eigenvalue weighted by molar-refractivity contribution is 5.95. The highest BCUT2D eigenvalue weighted by Crippen LogP contribution is 2.25. The normalized spacial score (nSPS) is 22.2. The lowest BCUT2D eigenvalue weighted by Gasteiger charge is -2.34. The summed E-state index contributed by atoms with van der Waals surface area (Å²) in [5.74, 6) is 0.287. The van der Waals surface area contributed by atoms with Crippen molar-refractivity contribution < 1.29 is 9.53 Å². The Hall–Kier alpha value is -1.62. The zero-order chi connectivity index (χ0) is 14.9. The number of hydrogen-bond acceptors (Lipinski definition) is 4. The molecular formula is C15H23N3O2. The van der Waals surface area contributed by atoms with Gasteiger partial charge in [0.15, 0.2) is 0 Å². The Morgan fingerprint density at radius 2 is 2.05 bits per heavy atom. The van der Waals surface area contributed by atoms with Crippen molar-refractivity contribution in [2.75, 3.05) is 12.8 Å². The van der Waals surface area contributed by atoms with Crippen LogP contribution >= 0.6 is 0 Å². The molecule has 2 rings (SSSR count). The van der Waals surface area contributed by atoms with E-state index in [0.717, 1.165) is 18.5 Å². The van der Waals surface area contributed by atoms with Crippen molar-refractivity contribution in [3.8, 4) is 0 Å². The van der Waals surface area contributed by atoms with Gasteiger partial charge in [0.25, 0.3) is 5.91 Å². The second kappa shape index (κ2) is 5.40. The van der Waals surface area contributed by atoms with E-state index < -0.39 is 0 Å². The van der Waals surface area contributed by atoms with Gasteiger partial charge in [0.1, 0.15) is 5.82 Å². The molecule has 110 valence electrons. The van der Waals surface area contributed by atoms with E-state index in [9.17, 15) is 4.79 Å². The number of nitrogen functional groups attached to an aromatic ring is 1. The van der Waals surface area contributed by atoms with Crippen LogP contribution in [0.1, 0.15) is 49.7 Å². The molecular weight excluding hydrogens is 254 g/mol. The van der Waals surface area contributed by atoms with Crippen molar-refractivity contribution in [1.29, 1.82) is 0 Å². The van der Waals surface area contributed by atoms with Gasteiger partial charge in [-0.05, 0) is 25.0 Å². The minimum absolute atomic E-state index is 0.0934. The summed E-state index contributed by atoms with van der Waals surface area (Å²) < 4.78 is 5.21. The molecule has 5 heteroatoms. The smallest absolute Gasteiger partial charge is 0.251 e. The third kappa shape index (κ3) is 3.28. The Labute approximate surface area is 119 Å². The molecule has 0 aromatic carbocycles. The van der Waals surface area contributed by atoms with E-state index in [1.54, 1.807) is 13.2 Å². The van der Waals surface area contributed by atoms with Crippen LogP contribution in [0.25, 0.3) is 0 Å². The number of anilines is 1. The number of pyridine rings is 1. The van der Waals surface area contributed by atoms with E-state index in [2.05, 4.69) is 10.3 Å². The molecule has 5 nitrogen and oxygen atoms in total. The maximum absolute atomic E-state index is 12.2. The topological polar surface area (TPSA) is 77.2 Å². The van der Waals surface area contributed by atoms with E-state index in [-0.39, 0.29) is 23.5 Å². The van der Waals surface area contributed by atoms with Crippen molar-refractivity contribution >= 4 is 11.7 Å². The molecule has 0 bridgehead atoms. The highest BCUT2D eigenvalue weighted by Gasteiger charge is 2.30. The number of rotatable bonds is 3. The maximum Gasteiger partial charge on any atom is 0.251 e. The van der Waals surface area contributed by atoms with Crippen LogP contribution in [0.5, 0.6) is 0 Å². The first-order valence-electron chi connectivity index (χ1n) is 6.91. The number of methoxy groups -OCH3 is 1. The van der Waals surface area contributed by atoms with Crippen LogP contribution in [-0.2, 0) is 10.2 Å². The van der Waals surface area contributed by atoms with E-state index in [4.69, 9.17) is 10.5 Å². The third-order valence-electron chi connectivity index (χ3n) is 3.64. The average molecular weight is 277 g/mol. The molecule has 1 aromatic heterocycles. The fraction of sp³-hybridized carbons (Fsp3) is 0.600. The first kappa shape index (κ1) is 14.8. The molecule has 0 unspecified atom stereocenters. The quantitative estimate of drug-likeness (QED) is 0.884. The molecule has 0 atom stereocenters. The first-order valence-corrected chi connectivity index (χ1v) is 6.91. The van der Waals surface area contributed by atoms with Crippen LogP contribution in [0.2, 0.25) is 0 Å². The predicted molar refractivity (Wildman–Crippen MR) is 78.6 cm³/mol. The van der Waals surface area contributed by atoms with Gasteiger partial charge in [0, 0.05) is 29.8 Å². The molecule has 1 aromatic rings. The monoisotopic (exact) mass is 277 g/mol. The fourth-order valence-electron chi connectivity index (χ4n) is 2.21. The second-order valence-corrected chi connectivity index (χ2v) is 6.42. The molecule has 0 radical (unpaired) electrons. The molecule has 1 saturated carbocycles. The standard InChI is InChI=1S/C15H23N3O2/c1-15(2,3)12-5-9(6-13(16)18-12)14(19)17-10-7-11(8-10)20-4/h5-6,10-11H,7-8H2,1-4H3,(H2,16,18)(H,17,19). The number of aromatic nitrogens is 1. The molecule has 20 heavy (non-hydrogen) atoms. The first-order chi connectivity index (χ1) is 9.29. The number of nitrogens with one attached hydrogen (secondary N) is 1. The fourth-order valence-corrected chi connectivity index (χ4v) is 2.21. The van der Waals surface area contributed by atoms with Gasteiger partial charge in [-0.1, -0.05) is 20.8 Å². The van der Waals surface area contributed by atoms with Crippen LogP contribution < -0.4 is 11.1 Å².